The monoisotopic (exact) mass is 317 g/mol. The molecule has 2 aromatic rings. The van der Waals surface area contributed by atoms with E-state index in [9.17, 15) is 4.79 Å². The summed E-state index contributed by atoms with van der Waals surface area (Å²) in [5.41, 5.74) is 1.82. The van der Waals surface area contributed by atoms with Crippen molar-refractivity contribution in [2.45, 2.75) is 11.8 Å². The number of rotatable bonds is 6. The number of thioether (sulfide) groups is 1. The normalized spacial score (nSPS) is 10.1. The van der Waals surface area contributed by atoms with Crippen molar-refractivity contribution in [3.8, 4) is 11.5 Å². The smallest absolute Gasteiger partial charge is 0.262 e. The van der Waals surface area contributed by atoms with Crippen molar-refractivity contribution in [3.63, 3.8) is 0 Å². The number of anilines is 1. The van der Waals surface area contributed by atoms with Gasteiger partial charge in [0, 0.05) is 10.6 Å². The fraction of sp³-hybridized carbons (Fsp3) is 0.235. The third kappa shape index (κ3) is 4.43. The maximum absolute atomic E-state index is 11.9. The van der Waals surface area contributed by atoms with Crippen LogP contribution in [0.15, 0.2) is 47.4 Å². The fourth-order valence-electron chi connectivity index (χ4n) is 1.91. The van der Waals surface area contributed by atoms with E-state index in [-0.39, 0.29) is 12.5 Å². The molecule has 0 aliphatic rings. The van der Waals surface area contributed by atoms with Crippen molar-refractivity contribution in [1.82, 2.24) is 0 Å². The molecule has 2 aromatic carbocycles. The van der Waals surface area contributed by atoms with Crippen LogP contribution in [-0.2, 0) is 4.79 Å². The lowest BCUT2D eigenvalue weighted by molar-refractivity contribution is -0.118. The molecule has 0 fully saturated rings. The Bertz CT molecular complexity index is 641. The van der Waals surface area contributed by atoms with Gasteiger partial charge >= 0.3 is 0 Å². The number of hydrogen-bond donors (Lipinski definition) is 1. The standard InChI is InChI=1S/C17H19NO3S/c1-12-4-9-15(16(10-12)20-2)21-11-17(19)18-13-5-7-14(22-3)8-6-13/h4-10H,11H2,1-3H3,(H,18,19). The number of nitrogens with one attached hydrogen (secondary N) is 1. The first kappa shape index (κ1) is 16.2. The molecule has 22 heavy (non-hydrogen) atoms. The van der Waals surface area contributed by atoms with Crippen LogP contribution in [0.3, 0.4) is 0 Å². The van der Waals surface area contributed by atoms with Crippen LogP contribution >= 0.6 is 11.8 Å². The zero-order chi connectivity index (χ0) is 15.9. The number of carbonyl (C=O) groups is 1. The summed E-state index contributed by atoms with van der Waals surface area (Å²) in [6.07, 6.45) is 2.01. The van der Waals surface area contributed by atoms with Crippen molar-refractivity contribution >= 4 is 23.4 Å². The molecule has 5 heteroatoms. The van der Waals surface area contributed by atoms with Crippen LogP contribution in [0.25, 0.3) is 0 Å². The second-order valence-electron chi connectivity index (χ2n) is 4.72. The number of ether oxygens (including phenoxy) is 2. The average molecular weight is 317 g/mol. The number of amides is 1. The first-order valence-corrected chi connectivity index (χ1v) is 8.06. The topological polar surface area (TPSA) is 47.6 Å². The molecule has 1 N–H and O–H groups in total. The van der Waals surface area contributed by atoms with Gasteiger partial charge in [-0.05, 0) is 55.1 Å². The minimum absolute atomic E-state index is 0.0658. The molecular formula is C17H19NO3S. The lowest BCUT2D eigenvalue weighted by Crippen LogP contribution is -2.20. The predicted molar refractivity (Wildman–Crippen MR) is 90.1 cm³/mol. The second kappa shape index (κ2) is 7.75. The maximum atomic E-state index is 11.9. The van der Waals surface area contributed by atoms with Crippen LogP contribution in [0.2, 0.25) is 0 Å². The Morgan fingerprint density at radius 3 is 2.50 bits per heavy atom. The molecule has 0 atom stereocenters. The van der Waals surface area contributed by atoms with Gasteiger partial charge in [-0.1, -0.05) is 6.07 Å². The Labute approximate surface area is 134 Å². The summed E-state index contributed by atoms with van der Waals surface area (Å²) >= 11 is 1.66. The van der Waals surface area contributed by atoms with Gasteiger partial charge in [0.15, 0.2) is 18.1 Å². The molecular weight excluding hydrogens is 298 g/mol. The quantitative estimate of drug-likeness (QED) is 0.825. The highest BCUT2D eigenvalue weighted by Gasteiger charge is 2.08. The number of benzene rings is 2. The molecule has 0 aliphatic heterocycles. The molecule has 0 spiro atoms. The van der Waals surface area contributed by atoms with E-state index < -0.39 is 0 Å². The van der Waals surface area contributed by atoms with Crippen molar-refractivity contribution in [3.05, 3.63) is 48.0 Å². The molecule has 0 bridgehead atoms. The van der Waals surface area contributed by atoms with Gasteiger partial charge < -0.3 is 14.8 Å². The van der Waals surface area contributed by atoms with Crippen molar-refractivity contribution in [1.29, 1.82) is 0 Å². The molecule has 0 unspecified atom stereocenters. The molecule has 0 aromatic heterocycles. The summed E-state index contributed by atoms with van der Waals surface area (Å²) in [4.78, 5) is 13.1. The summed E-state index contributed by atoms with van der Waals surface area (Å²) in [6.45, 7) is 1.90. The fourth-order valence-corrected chi connectivity index (χ4v) is 2.32. The van der Waals surface area contributed by atoms with Gasteiger partial charge in [0.1, 0.15) is 0 Å². The van der Waals surface area contributed by atoms with E-state index in [4.69, 9.17) is 9.47 Å². The summed E-state index contributed by atoms with van der Waals surface area (Å²) in [7, 11) is 1.58. The molecule has 2 rings (SSSR count). The van der Waals surface area contributed by atoms with E-state index in [0.717, 1.165) is 16.1 Å². The van der Waals surface area contributed by atoms with E-state index in [1.807, 2.05) is 49.6 Å². The third-order valence-electron chi connectivity index (χ3n) is 3.05. The van der Waals surface area contributed by atoms with Crippen LogP contribution < -0.4 is 14.8 Å². The summed E-state index contributed by atoms with van der Waals surface area (Å²) in [5, 5.41) is 2.80. The highest BCUT2D eigenvalue weighted by molar-refractivity contribution is 7.98. The van der Waals surface area contributed by atoms with Crippen LogP contribution in [-0.4, -0.2) is 25.9 Å². The molecule has 4 nitrogen and oxygen atoms in total. The first-order chi connectivity index (χ1) is 10.6. The molecule has 0 saturated carbocycles. The van der Waals surface area contributed by atoms with Gasteiger partial charge in [0.25, 0.3) is 5.91 Å². The van der Waals surface area contributed by atoms with Crippen LogP contribution in [0.1, 0.15) is 5.56 Å². The number of carbonyl (C=O) groups excluding carboxylic acids is 1. The van der Waals surface area contributed by atoms with Crippen LogP contribution in [0, 0.1) is 6.92 Å². The van der Waals surface area contributed by atoms with E-state index in [1.54, 1.807) is 24.9 Å². The van der Waals surface area contributed by atoms with Crippen LogP contribution in [0.4, 0.5) is 5.69 Å². The molecule has 0 heterocycles. The number of methoxy groups -OCH3 is 1. The Kier molecular flexibility index (Phi) is 5.72. The molecule has 0 radical (unpaired) electrons. The number of aryl methyl sites for hydroxylation is 1. The largest absolute Gasteiger partial charge is 0.493 e. The van der Waals surface area contributed by atoms with E-state index in [1.165, 1.54) is 0 Å². The van der Waals surface area contributed by atoms with Crippen molar-refractivity contribution in [2.75, 3.05) is 25.3 Å². The average Bonchev–Trinajstić information content (AvgIpc) is 2.54. The molecule has 116 valence electrons. The summed E-state index contributed by atoms with van der Waals surface area (Å²) < 4.78 is 10.8. The highest BCUT2D eigenvalue weighted by atomic mass is 32.2. The minimum Gasteiger partial charge on any atom is -0.493 e. The third-order valence-corrected chi connectivity index (χ3v) is 3.80. The van der Waals surface area contributed by atoms with Gasteiger partial charge in [-0.25, -0.2) is 0 Å². The van der Waals surface area contributed by atoms with Gasteiger partial charge in [-0.15, -0.1) is 11.8 Å². The predicted octanol–water partition coefficient (Wildman–Crippen LogP) is 3.74. The van der Waals surface area contributed by atoms with E-state index in [2.05, 4.69) is 5.32 Å². The Hall–Kier alpha value is -2.14. The molecule has 1 amide bonds. The minimum atomic E-state index is -0.209. The second-order valence-corrected chi connectivity index (χ2v) is 5.60. The number of hydrogen-bond acceptors (Lipinski definition) is 4. The lowest BCUT2D eigenvalue weighted by atomic mass is 10.2. The first-order valence-electron chi connectivity index (χ1n) is 6.83. The summed E-state index contributed by atoms with van der Waals surface area (Å²) in [5.74, 6) is 0.970. The Morgan fingerprint density at radius 2 is 1.86 bits per heavy atom. The molecule has 0 aliphatic carbocycles. The lowest BCUT2D eigenvalue weighted by Gasteiger charge is -2.11. The van der Waals surface area contributed by atoms with Gasteiger partial charge in [0.2, 0.25) is 0 Å². The Morgan fingerprint density at radius 1 is 1.14 bits per heavy atom. The van der Waals surface area contributed by atoms with Gasteiger partial charge in [0.05, 0.1) is 7.11 Å². The van der Waals surface area contributed by atoms with Crippen LogP contribution in [0.5, 0.6) is 11.5 Å². The zero-order valence-electron chi connectivity index (χ0n) is 12.9. The van der Waals surface area contributed by atoms with Crippen molar-refractivity contribution in [2.24, 2.45) is 0 Å². The SMILES string of the molecule is COc1cc(C)ccc1OCC(=O)Nc1ccc(SC)cc1. The van der Waals surface area contributed by atoms with E-state index in [0.29, 0.717) is 11.5 Å². The maximum Gasteiger partial charge on any atom is 0.262 e. The van der Waals surface area contributed by atoms with Crippen molar-refractivity contribution < 1.29 is 14.3 Å². The zero-order valence-corrected chi connectivity index (χ0v) is 13.7. The van der Waals surface area contributed by atoms with Gasteiger partial charge in [-0.3, -0.25) is 4.79 Å². The highest BCUT2D eigenvalue weighted by Crippen LogP contribution is 2.27. The van der Waals surface area contributed by atoms with Gasteiger partial charge in [-0.2, -0.15) is 0 Å². The van der Waals surface area contributed by atoms with E-state index >= 15 is 0 Å². The Balaban J connectivity index is 1.92. The molecule has 0 saturated heterocycles. The summed E-state index contributed by atoms with van der Waals surface area (Å²) in [6, 6.07) is 13.3.